The molecule has 1 saturated carbocycles. The molecule has 0 aliphatic heterocycles. The molecule has 0 heterocycles. The third-order valence-corrected chi connectivity index (χ3v) is 3.61. The standard InChI is InChI=1S/C13H26N2O/c1-5-16-13(12(15-14)10(2)3)8-6-7-11(4)9-13/h11-12,15H,2,5-9,14H2,1,3-4H3. The van der Waals surface area contributed by atoms with Gasteiger partial charge in [-0.25, -0.2) is 0 Å². The molecule has 1 aliphatic carbocycles. The maximum Gasteiger partial charge on any atom is 0.0888 e. The lowest BCUT2D eigenvalue weighted by molar-refractivity contribution is -0.0925. The molecule has 0 spiro atoms. The SMILES string of the molecule is C=C(C)C(NN)C1(OCC)CCCC(C)C1. The Kier molecular flexibility index (Phi) is 4.96. The summed E-state index contributed by atoms with van der Waals surface area (Å²) >= 11 is 0. The van der Waals surface area contributed by atoms with E-state index in [4.69, 9.17) is 10.6 Å². The molecule has 0 amide bonds. The number of hydrazine groups is 1. The summed E-state index contributed by atoms with van der Waals surface area (Å²) in [5.41, 5.74) is 3.81. The third-order valence-electron chi connectivity index (χ3n) is 3.61. The van der Waals surface area contributed by atoms with Gasteiger partial charge in [0.05, 0.1) is 11.6 Å². The van der Waals surface area contributed by atoms with Crippen molar-refractivity contribution >= 4 is 0 Å². The van der Waals surface area contributed by atoms with Gasteiger partial charge < -0.3 is 4.74 Å². The van der Waals surface area contributed by atoms with E-state index in [1.807, 2.05) is 13.8 Å². The molecule has 94 valence electrons. The summed E-state index contributed by atoms with van der Waals surface area (Å²) in [6.07, 6.45) is 4.66. The molecule has 1 aliphatic rings. The molecule has 0 aromatic rings. The van der Waals surface area contributed by atoms with Gasteiger partial charge in [0.15, 0.2) is 0 Å². The number of rotatable bonds is 5. The molecule has 0 aromatic heterocycles. The van der Waals surface area contributed by atoms with Gasteiger partial charge in [0.25, 0.3) is 0 Å². The Hall–Kier alpha value is -0.380. The van der Waals surface area contributed by atoms with Crippen LogP contribution in [0.15, 0.2) is 12.2 Å². The largest absolute Gasteiger partial charge is 0.373 e. The molecular weight excluding hydrogens is 200 g/mol. The Morgan fingerprint density at radius 1 is 1.69 bits per heavy atom. The van der Waals surface area contributed by atoms with Gasteiger partial charge in [-0.2, -0.15) is 0 Å². The fourth-order valence-corrected chi connectivity index (χ4v) is 3.05. The Labute approximate surface area is 99.4 Å². The van der Waals surface area contributed by atoms with Crippen molar-refractivity contribution in [3.8, 4) is 0 Å². The van der Waals surface area contributed by atoms with Gasteiger partial charge in [-0.15, -0.1) is 0 Å². The molecule has 16 heavy (non-hydrogen) atoms. The first-order valence-electron chi connectivity index (χ1n) is 6.31. The summed E-state index contributed by atoms with van der Waals surface area (Å²) < 4.78 is 6.05. The molecule has 1 rings (SSSR count). The molecule has 0 radical (unpaired) electrons. The van der Waals surface area contributed by atoms with E-state index in [0.29, 0.717) is 5.92 Å². The molecule has 3 nitrogen and oxygen atoms in total. The molecule has 0 saturated heterocycles. The smallest absolute Gasteiger partial charge is 0.0888 e. The second-order valence-corrected chi connectivity index (χ2v) is 5.15. The zero-order valence-corrected chi connectivity index (χ0v) is 10.9. The zero-order valence-electron chi connectivity index (χ0n) is 10.9. The number of nitrogens with one attached hydrogen (secondary N) is 1. The fourth-order valence-electron chi connectivity index (χ4n) is 3.05. The van der Waals surface area contributed by atoms with Crippen LogP contribution < -0.4 is 11.3 Å². The van der Waals surface area contributed by atoms with Crippen LogP contribution in [0.5, 0.6) is 0 Å². The zero-order chi connectivity index (χ0) is 12.2. The number of hydrogen-bond donors (Lipinski definition) is 2. The average Bonchev–Trinajstić information content (AvgIpc) is 2.18. The Bertz CT molecular complexity index is 238. The van der Waals surface area contributed by atoms with Crippen LogP contribution in [0.4, 0.5) is 0 Å². The summed E-state index contributed by atoms with van der Waals surface area (Å²) in [6.45, 7) is 11.1. The maximum atomic E-state index is 6.05. The van der Waals surface area contributed by atoms with E-state index in [-0.39, 0.29) is 11.6 Å². The topological polar surface area (TPSA) is 47.3 Å². The number of ether oxygens (including phenoxy) is 1. The summed E-state index contributed by atoms with van der Waals surface area (Å²) in [4.78, 5) is 0. The lowest BCUT2D eigenvalue weighted by Crippen LogP contribution is -2.57. The van der Waals surface area contributed by atoms with Gasteiger partial charge in [-0.05, 0) is 32.6 Å². The fraction of sp³-hybridized carbons (Fsp3) is 0.846. The van der Waals surface area contributed by atoms with E-state index in [1.165, 1.54) is 12.8 Å². The maximum absolute atomic E-state index is 6.05. The first-order chi connectivity index (χ1) is 7.55. The first-order valence-corrected chi connectivity index (χ1v) is 6.31. The van der Waals surface area contributed by atoms with Gasteiger partial charge in [-0.1, -0.05) is 31.9 Å². The predicted octanol–water partition coefficient (Wildman–Crippen LogP) is 2.38. The van der Waals surface area contributed by atoms with Crippen molar-refractivity contribution in [3.05, 3.63) is 12.2 Å². The van der Waals surface area contributed by atoms with Crippen LogP contribution in [-0.4, -0.2) is 18.2 Å². The highest BCUT2D eigenvalue weighted by Crippen LogP contribution is 2.39. The molecule has 1 fully saturated rings. The summed E-state index contributed by atoms with van der Waals surface area (Å²) in [6, 6.07) is 0.0650. The van der Waals surface area contributed by atoms with E-state index in [9.17, 15) is 0 Å². The van der Waals surface area contributed by atoms with Gasteiger partial charge in [0.1, 0.15) is 0 Å². The van der Waals surface area contributed by atoms with Gasteiger partial charge in [0, 0.05) is 6.61 Å². The summed E-state index contributed by atoms with van der Waals surface area (Å²) in [5.74, 6) is 6.38. The van der Waals surface area contributed by atoms with Crippen molar-refractivity contribution in [2.75, 3.05) is 6.61 Å². The van der Waals surface area contributed by atoms with Gasteiger partial charge in [0.2, 0.25) is 0 Å². The van der Waals surface area contributed by atoms with Crippen molar-refractivity contribution in [1.29, 1.82) is 0 Å². The quantitative estimate of drug-likeness (QED) is 0.430. The van der Waals surface area contributed by atoms with Crippen LogP contribution >= 0.6 is 0 Å². The number of nitrogens with two attached hydrogens (primary N) is 1. The monoisotopic (exact) mass is 226 g/mol. The van der Waals surface area contributed by atoms with E-state index < -0.39 is 0 Å². The van der Waals surface area contributed by atoms with Crippen LogP contribution in [0.1, 0.15) is 46.5 Å². The summed E-state index contributed by atoms with van der Waals surface area (Å²) in [7, 11) is 0. The Balaban J connectivity index is 2.88. The highest BCUT2D eigenvalue weighted by atomic mass is 16.5. The van der Waals surface area contributed by atoms with E-state index in [1.54, 1.807) is 0 Å². The summed E-state index contributed by atoms with van der Waals surface area (Å²) in [5, 5.41) is 0. The first kappa shape index (κ1) is 13.7. The lowest BCUT2D eigenvalue weighted by atomic mass is 9.73. The van der Waals surface area contributed by atoms with Crippen LogP contribution in [0.3, 0.4) is 0 Å². The van der Waals surface area contributed by atoms with E-state index >= 15 is 0 Å². The molecule has 3 heteroatoms. The van der Waals surface area contributed by atoms with Crippen molar-refractivity contribution in [1.82, 2.24) is 5.43 Å². The number of hydrogen-bond acceptors (Lipinski definition) is 3. The van der Waals surface area contributed by atoms with Crippen molar-refractivity contribution in [3.63, 3.8) is 0 Å². The minimum Gasteiger partial charge on any atom is -0.373 e. The average molecular weight is 226 g/mol. The van der Waals surface area contributed by atoms with Crippen LogP contribution in [-0.2, 0) is 4.74 Å². The molecular formula is C13H26N2O. The normalized spacial score (nSPS) is 32.4. The second-order valence-electron chi connectivity index (χ2n) is 5.15. The minimum absolute atomic E-state index is 0.0650. The lowest BCUT2D eigenvalue weighted by Gasteiger charge is -2.45. The highest BCUT2D eigenvalue weighted by Gasteiger charge is 2.42. The van der Waals surface area contributed by atoms with Crippen LogP contribution in [0.25, 0.3) is 0 Å². The van der Waals surface area contributed by atoms with Crippen molar-refractivity contribution in [2.24, 2.45) is 11.8 Å². The predicted molar refractivity (Wildman–Crippen MR) is 67.9 cm³/mol. The van der Waals surface area contributed by atoms with Crippen molar-refractivity contribution < 1.29 is 4.74 Å². The van der Waals surface area contributed by atoms with E-state index in [0.717, 1.165) is 25.0 Å². The molecule has 3 N–H and O–H groups in total. The van der Waals surface area contributed by atoms with Crippen molar-refractivity contribution in [2.45, 2.75) is 58.1 Å². The molecule has 3 unspecified atom stereocenters. The molecule has 3 atom stereocenters. The van der Waals surface area contributed by atoms with E-state index in [2.05, 4.69) is 18.9 Å². The Morgan fingerprint density at radius 3 is 2.81 bits per heavy atom. The second kappa shape index (κ2) is 5.80. The van der Waals surface area contributed by atoms with Gasteiger partial charge in [-0.3, -0.25) is 11.3 Å². The molecule has 0 aromatic carbocycles. The minimum atomic E-state index is -0.146. The Morgan fingerprint density at radius 2 is 2.38 bits per heavy atom. The van der Waals surface area contributed by atoms with Gasteiger partial charge >= 0.3 is 0 Å². The van der Waals surface area contributed by atoms with Crippen LogP contribution in [0, 0.1) is 5.92 Å². The molecule has 0 bridgehead atoms. The van der Waals surface area contributed by atoms with Crippen LogP contribution in [0.2, 0.25) is 0 Å². The highest BCUT2D eigenvalue weighted by molar-refractivity contribution is 5.12. The third kappa shape index (κ3) is 2.84.